The van der Waals surface area contributed by atoms with Gasteiger partial charge in [-0.25, -0.2) is 4.39 Å². The number of halogens is 1. The summed E-state index contributed by atoms with van der Waals surface area (Å²) in [5, 5.41) is 9.32. The summed E-state index contributed by atoms with van der Waals surface area (Å²) >= 11 is 0. The van der Waals surface area contributed by atoms with E-state index in [1.165, 1.54) is 25.7 Å². The van der Waals surface area contributed by atoms with Crippen molar-refractivity contribution >= 4 is 0 Å². The fourth-order valence-electron chi connectivity index (χ4n) is 1.52. The van der Waals surface area contributed by atoms with Crippen molar-refractivity contribution in [2.24, 2.45) is 0 Å². The maximum atomic E-state index is 12.3. The van der Waals surface area contributed by atoms with Crippen molar-refractivity contribution in [3.8, 4) is 0 Å². The third kappa shape index (κ3) is 9.72. The van der Waals surface area contributed by atoms with E-state index >= 15 is 0 Å². The van der Waals surface area contributed by atoms with Crippen LogP contribution in [0.5, 0.6) is 0 Å². The first kappa shape index (κ1) is 13.6. The topological polar surface area (TPSA) is 20.2 Å². The highest BCUT2D eigenvalue weighted by atomic mass is 19.1. The van der Waals surface area contributed by atoms with Gasteiger partial charge >= 0.3 is 0 Å². The molecule has 0 aromatic carbocycles. The van der Waals surface area contributed by atoms with Gasteiger partial charge in [0.2, 0.25) is 0 Å². The Morgan fingerprint density at radius 1 is 1.21 bits per heavy atom. The van der Waals surface area contributed by atoms with Crippen LogP contribution in [0.15, 0.2) is 12.4 Å². The summed E-state index contributed by atoms with van der Waals surface area (Å²) in [6.07, 6.45) is 7.49. The zero-order chi connectivity index (χ0) is 10.8. The second-order valence-electron chi connectivity index (χ2n) is 3.93. The number of aliphatic hydroxyl groups is 1. The highest BCUT2D eigenvalue weighted by Crippen LogP contribution is 2.12. The van der Waals surface area contributed by atoms with Gasteiger partial charge in [-0.3, -0.25) is 0 Å². The minimum Gasteiger partial charge on any atom is -0.393 e. The van der Waals surface area contributed by atoms with Gasteiger partial charge in [0, 0.05) is 6.42 Å². The maximum Gasteiger partial charge on any atom is 0.0953 e. The summed E-state index contributed by atoms with van der Waals surface area (Å²) in [5.41, 5.74) is 0. The summed E-state index contributed by atoms with van der Waals surface area (Å²) in [6.45, 7) is 5.33. The van der Waals surface area contributed by atoms with Crippen molar-refractivity contribution in [3.63, 3.8) is 0 Å². The van der Waals surface area contributed by atoms with E-state index in [0.717, 1.165) is 12.8 Å². The van der Waals surface area contributed by atoms with Gasteiger partial charge in [-0.15, -0.1) is 0 Å². The van der Waals surface area contributed by atoms with Gasteiger partial charge in [-0.05, 0) is 6.42 Å². The molecular formula is C12H23FO. The van der Waals surface area contributed by atoms with Crippen LogP contribution < -0.4 is 0 Å². The first-order valence-corrected chi connectivity index (χ1v) is 5.68. The quantitative estimate of drug-likeness (QED) is 0.561. The molecule has 2 heteroatoms. The summed E-state index contributed by atoms with van der Waals surface area (Å²) in [5.74, 6) is -0.413. The lowest BCUT2D eigenvalue weighted by Crippen LogP contribution is -2.05. The normalized spacial score (nSPS) is 12.8. The Morgan fingerprint density at radius 3 is 2.36 bits per heavy atom. The van der Waals surface area contributed by atoms with E-state index in [4.69, 9.17) is 0 Å². The van der Waals surface area contributed by atoms with Crippen molar-refractivity contribution in [2.45, 2.75) is 64.4 Å². The molecule has 0 amide bonds. The average Bonchev–Trinajstić information content (AvgIpc) is 2.10. The molecule has 0 aliphatic carbocycles. The molecule has 1 N–H and O–H groups in total. The Kier molecular flexibility index (Phi) is 8.95. The van der Waals surface area contributed by atoms with Crippen molar-refractivity contribution in [2.75, 3.05) is 0 Å². The van der Waals surface area contributed by atoms with Gasteiger partial charge in [0.05, 0.1) is 11.9 Å². The van der Waals surface area contributed by atoms with E-state index in [1.807, 2.05) is 0 Å². The van der Waals surface area contributed by atoms with E-state index in [0.29, 0.717) is 6.42 Å². The van der Waals surface area contributed by atoms with Crippen LogP contribution in [0.25, 0.3) is 0 Å². The van der Waals surface area contributed by atoms with Crippen LogP contribution in [0.4, 0.5) is 4.39 Å². The molecule has 0 fully saturated rings. The summed E-state index contributed by atoms with van der Waals surface area (Å²) in [7, 11) is 0. The highest BCUT2D eigenvalue weighted by molar-refractivity contribution is 4.82. The number of hydrogen-bond donors (Lipinski definition) is 1. The molecule has 0 saturated carbocycles. The number of unbranched alkanes of at least 4 members (excludes halogenated alkanes) is 5. The molecule has 1 nitrogen and oxygen atoms in total. The van der Waals surface area contributed by atoms with Crippen molar-refractivity contribution in [1.82, 2.24) is 0 Å². The zero-order valence-electron chi connectivity index (χ0n) is 9.27. The Balaban J connectivity index is 3.14. The van der Waals surface area contributed by atoms with E-state index in [-0.39, 0.29) is 6.42 Å². The van der Waals surface area contributed by atoms with Crippen LogP contribution in [0.2, 0.25) is 0 Å². The summed E-state index contributed by atoms with van der Waals surface area (Å²) in [4.78, 5) is 0. The fraction of sp³-hybridized carbons (Fsp3) is 0.833. The predicted molar refractivity (Wildman–Crippen MR) is 58.9 cm³/mol. The van der Waals surface area contributed by atoms with Gasteiger partial charge in [-0.2, -0.15) is 0 Å². The lowest BCUT2D eigenvalue weighted by molar-refractivity contribution is 0.154. The van der Waals surface area contributed by atoms with Crippen LogP contribution in [0.3, 0.4) is 0 Å². The largest absolute Gasteiger partial charge is 0.393 e. The number of rotatable bonds is 9. The number of hydrogen-bond acceptors (Lipinski definition) is 1. The molecule has 0 aromatic heterocycles. The summed E-state index contributed by atoms with van der Waals surface area (Å²) in [6, 6.07) is 0. The van der Waals surface area contributed by atoms with E-state index in [2.05, 4.69) is 13.5 Å². The SMILES string of the molecule is C=C(F)CC(O)CCCCCCCC. The Morgan fingerprint density at radius 2 is 1.79 bits per heavy atom. The van der Waals surface area contributed by atoms with Crippen molar-refractivity contribution in [3.05, 3.63) is 12.4 Å². The van der Waals surface area contributed by atoms with Crippen LogP contribution in [-0.4, -0.2) is 11.2 Å². The summed E-state index contributed by atoms with van der Waals surface area (Å²) < 4.78 is 12.3. The third-order valence-electron chi connectivity index (χ3n) is 2.35. The van der Waals surface area contributed by atoms with Gasteiger partial charge in [0.15, 0.2) is 0 Å². The molecule has 1 atom stereocenters. The monoisotopic (exact) mass is 202 g/mol. The molecule has 0 aliphatic heterocycles. The second-order valence-corrected chi connectivity index (χ2v) is 3.93. The van der Waals surface area contributed by atoms with Gasteiger partial charge in [0.1, 0.15) is 0 Å². The predicted octanol–water partition coefficient (Wildman–Crippen LogP) is 3.97. The standard InChI is InChI=1S/C12H23FO/c1-3-4-5-6-7-8-9-12(14)10-11(2)13/h12,14H,2-10H2,1H3. The molecule has 84 valence electrons. The maximum absolute atomic E-state index is 12.3. The average molecular weight is 202 g/mol. The van der Waals surface area contributed by atoms with Gasteiger partial charge in [-0.1, -0.05) is 52.0 Å². The molecule has 1 unspecified atom stereocenters. The van der Waals surface area contributed by atoms with Gasteiger partial charge in [0.25, 0.3) is 0 Å². The molecule has 14 heavy (non-hydrogen) atoms. The van der Waals surface area contributed by atoms with E-state index in [1.54, 1.807) is 0 Å². The van der Waals surface area contributed by atoms with E-state index < -0.39 is 11.9 Å². The fourth-order valence-corrected chi connectivity index (χ4v) is 1.52. The second kappa shape index (κ2) is 9.20. The molecule has 0 rings (SSSR count). The molecule has 0 aliphatic rings. The number of aliphatic hydroxyl groups excluding tert-OH is 1. The Labute approximate surface area is 87.0 Å². The molecule has 0 saturated heterocycles. The zero-order valence-corrected chi connectivity index (χ0v) is 9.27. The molecule has 0 spiro atoms. The van der Waals surface area contributed by atoms with Crippen LogP contribution in [0, 0.1) is 0 Å². The Bertz CT molecular complexity index is 145. The van der Waals surface area contributed by atoms with Crippen LogP contribution >= 0.6 is 0 Å². The lowest BCUT2D eigenvalue weighted by atomic mass is 10.1. The first-order chi connectivity index (χ1) is 6.66. The Hall–Kier alpha value is -0.370. The van der Waals surface area contributed by atoms with Gasteiger partial charge < -0.3 is 5.11 Å². The molecule has 0 bridgehead atoms. The molecule has 0 aromatic rings. The lowest BCUT2D eigenvalue weighted by Gasteiger charge is -2.08. The van der Waals surface area contributed by atoms with Crippen molar-refractivity contribution in [1.29, 1.82) is 0 Å². The first-order valence-electron chi connectivity index (χ1n) is 5.68. The molecule has 0 heterocycles. The smallest absolute Gasteiger partial charge is 0.0953 e. The minimum absolute atomic E-state index is 0.106. The van der Waals surface area contributed by atoms with E-state index in [9.17, 15) is 9.50 Å². The third-order valence-corrected chi connectivity index (χ3v) is 2.35. The highest BCUT2D eigenvalue weighted by Gasteiger charge is 2.05. The minimum atomic E-state index is -0.529. The van der Waals surface area contributed by atoms with Crippen LogP contribution in [-0.2, 0) is 0 Å². The molecule has 0 radical (unpaired) electrons. The van der Waals surface area contributed by atoms with Crippen molar-refractivity contribution < 1.29 is 9.50 Å². The molecular weight excluding hydrogens is 179 g/mol. The van der Waals surface area contributed by atoms with Crippen LogP contribution in [0.1, 0.15) is 58.3 Å².